The third-order valence-electron chi connectivity index (χ3n) is 3.14. The van der Waals surface area contributed by atoms with Crippen molar-refractivity contribution in [3.8, 4) is 0 Å². The number of benzene rings is 1. The van der Waals surface area contributed by atoms with Gasteiger partial charge in [0.1, 0.15) is 6.04 Å². The number of nitrogens with zero attached hydrogens (tertiary/aromatic N) is 3. The Morgan fingerprint density at radius 2 is 1.68 bits per heavy atom. The monoisotopic (exact) mass is 346 g/mol. The topological polar surface area (TPSA) is 149 Å². The fraction of sp³-hybridized carbons (Fsp3) is 0.267. The van der Waals surface area contributed by atoms with Gasteiger partial charge >= 0.3 is 11.9 Å². The van der Waals surface area contributed by atoms with Crippen LogP contribution >= 0.6 is 0 Å². The van der Waals surface area contributed by atoms with E-state index in [1.165, 1.54) is 0 Å². The second kappa shape index (κ2) is 8.43. The molecule has 0 spiro atoms. The van der Waals surface area contributed by atoms with Gasteiger partial charge in [0.2, 0.25) is 17.8 Å². The predicted octanol–water partition coefficient (Wildman–Crippen LogP) is 1.39. The normalized spacial score (nSPS) is 11.4. The van der Waals surface area contributed by atoms with Crippen molar-refractivity contribution in [1.82, 2.24) is 15.0 Å². The molecule has 0 radical (unpaired) electrons. The Morgan fingerprint density at radius 3 is 2.28 bits per heavy atom. The summed E-state index contributed by atoms with van der Waals surface area (Å²) in [6, 6.07) is 8.06. The van der Waals surface area contributed by atoms with Gasteiger partial charge in [0.05, 0.1) is 0 Å². The number of para-hydroxylation sites is 1. The number of carboxylic acid groups (broad SMARTS) is 2. The molecule has 10 nitrogen and oxygen atoms in total. The third-order valence-corrected chi connectivity index (χ3v) is 3.14. The molecule has 0 saturated carbocycles. The molecule has 1 aromatic carbocycles. The standard InChI is InChI=1S/C15H18N6O4/c1-16-13-19-14(17-9-5-3-2-4-6-9)21-15(20-13)18-10(12(24)25)7-8-11(22)23/h2-6,10H,7-8H2,1H3,(H,22,23)(H,24,25)(H3,16,17,18,19,20,21)/t10-/m0/s1. The number of hydrogen-bond donors (Lipinski definition) is 5. The van der Waals surface area contributed by atoms with E-state index in [4.69, 9.17) is 5.11 Å². The molecule has 1 heterocycles. The minimum absolute atomic E-state index is 0.0237. The van der Waals surface area contributed by atoms with E-state index in [1.807, 2.05) is 30.3 Å². The van der Waals surface area contributed by atoms with Crippen LogP contribution in [0.4, 0.5) is 23.5 Å². The Labute approximate surface area is 143 Å². The molecular weight excluding hydrogens is 328 g/mol. The van der Waals surface area contributed by atoms with Crippen LogP contribution < -0.4 is 16.0 Å². The van der Waals surface area contributed by atoms with E-state index in [0.717, 1.165) is 5.69 Å². The zero-order valence-electron chi connectivity index (χ0n) is 13.4. The highest BCUT2D eigenvalue weighted by atomic mass is 16.4. The van der Waals surface area contributed by atoms with Crippen molar-refractivity contribution in [3.05, 3.63) is 30.3 Å². The molecule has 0 bridgehead atoms. The lowest BCUT2D eigenvalue weighted by Crippen LogP contribution is -2.31. The first-order valence-corrected chi connectivity index (χ1v) is 7.45. The van der Waals surface area contributed by atoms with Crippen molar-refractivity contribution in [2.75, 3.05) is 23.0 Å². The molecule has 0 fully saturated rings. The van der Waals surface area contributed by atoms with Crippen LogP contribution in [0.25, 0.3) is 0 Å². The van der Waals surface area contributed by atoms with Crippen LogP contribution in [-0.2, 0) is 9.59 Å². The van der Waals surface area contributed by atoms with Gasteiger partial charge in [-0.15, -0.1) is 0 Å². The Kier molecular flexibility index (Phi) is 6.04. The Balaban J connectivity index is 2.19. The average molecular weight is 346 g/mol. The molecule has 2 aromatic rings. The number of nitrogens with one attached hydrogen (secondary N) is 3. The second-order valence-corrected chi connectivity index (χ2v) is 5.01. The quantitative estimate of drug-likeness (QED) is 0.450. The van der Waals surface area contributed by atoms with Crippen LogP contribution in [0.3, 0.4) is 0 Å². The molecule has 1 atom stereocenters. The van der Waals surface area contributed by atoms with Crippen molar-refractivity contribution < 1.29 is 19.8 Å². The number of carbonyl (C=O) groups is 2. The van der Waals surface area contributed by atoms with Gasteiger partial charge in [0, 0.05) is 19.2 Å². The largest absolute Gasteiger partial charge is 0.481 e. The SMILES string of the molecule is CNc1nc(Nc2ccccc2)nc(N[C@@H](CCC(=O)O)C(=O)O)n1. The van der Waals surface area contributed by atoms with Crippen molar-refractivity contribution in [1.29, 1.82) is 0 Å². The molecule has 0 aliphatic carbocycles. The molecular formula is C15H18N6O4. The van der Waals surface area contributed by atoms with E-state index in [2.05, 4.69) is 30.9 Å². The smallest absolute Gasteiger partial charge is 0.326 e. The fourth-order valence-electron chi connectivity index (χ4n) is 1.94. The van der Waals surface area contributed by atoms with Crippen LogP contribution in [-0.4, -0.2) is 50.2 Å². The number of aliphatic carboxylic acids is 2. The average Bonchev–Trinajstić information content (AvgIpc) is 2.58. The van der Waals surface area contributed by atoms with Gasteiger partial charge in [-0.25, -0.2) is 4.79 Å². The van der Waals surface area contributed by atoms with Gasteiger partial charge in [0.25, 0.3) is 0 Å². The lowest BCUT2D eigenvalue weighted by atomic mass is 10.1. The summed E-state index contributed by atoms with van der Waals surface area (Å²) in [5.41, 5.74) is 0.752. The van der Waals surface area contributed by atoms with Gasteiger partial charge in [0.15, 0.2) is 0 Å². The van der Waals surface area contributed by atoms with Crippen LogP contribution in [0.5, 0.6) is 0 Å². The second-order valence-electron chi connectivity index (χ2n) is 5.01. The van der Waals surface area contributed by atoms with Crippen molar-refractivity contribution in [2.24, 2.45) is 0 Å². The Hall–Kier alpha value is -3.43. The third kappa shape index (κ3) is 5.61. The summed E-state index contributed by atoms with van der Waals surface area (Å²) < 4.78 is 0. The number of rotatable bonds is 9. The molecule has 0 saturated heterocycles. The van der Waals surface area contributed by atoms with E-state index in [1.54, 1.807) is 7.05 Å². The molecule has 1 aromatic heterocycles. The van der Waals surface area contributed by atoms with Gasteiger partial charge in [-0.1, -0.05) is 18.2 Å². The predicted molar refractivity (Wildman–Crippen MR) is 91.0 cm³/mol. The highest BCUT2D eigenvalue weighted by Gasteiger charge is 2.20. The van der Waals surface area contributed by atoms with Gasteiger partial charge in [-0.3, -0.25) is 4.79 Å². The number of carboxylic acids is 2. The summed E-state index contributed by atoms with van der Waals surface area (Å²) in [7, 11) is 1.62. The van der Waals surface area contributed by atoms with Crippen molar-refractivity contribution in [2.45, 2.75) is 18.9 Å². The summed E-state index contributed by atoms with van der Waals surface area (Å²) in [5.74, 6) is -1.79. The van der Waals surface area contributed by atoms with Crippen molar-refractivity contribution in [3.63, 3.8) is 0 Å². The lowest BCUT2D eigenvalue weighted by Gasteiger charge is -2.15. The van der Waals surface area contributed by atoms with Gasteiger partial charge in [-0.2, -0.15) is 15.0 Å². The Morgan fingerprint density at radius 1 is 1.04 bits per heavy atom. The highest BCUT2D eigenvalue weighted by molar-refractivity contribution is 5.78. The van der Waals surface area contributed by atoms with E-state index < -0.39 is 18.0 Å². The van der Waals surface area contributed by atoms with Crippen molar-refractivity contribution >= 4 is 35.5 Å². The summed E-state index contributed by atoms with van der Waals surface area (Å²) in [5, 5.41) is 26.3. The maximum absolute atomic E-state index is 11.3. The zero-order valence-corrected chi connectivity index (χ0v) is 13.4. The molecule has 132 valence electrons. The number of hydrogen-bond acceptors (Lipinski definition) is 8. The van der Waals surface area contributed by atoms with Crippen LogP contribution in [0, 0.1) is 0 Å². The summed E-state index contributed by atoms with van der Waals surface area (Å²) in [6.07, 6.45) is -0.393. The van der Waals surface area contributed by atoms with Gasteiger partial charge < -0.3 is 26.2 Å². The maximum Gasteiger partial charge on any atom is 0.326 e. The molecule has 0 aliphatic heterocycles. The Bertz CT molecular complexity index is 740. The maximum atomic E-state index is 11.3. The lowest BCUT2D eigenvalue weighted by molar-refractivity contribution is -0.139. The molecule has 2 rings (SSSR count). The molecule has 0 unspecified atom stereocenters. The van der Waals surface area contributed by atoms with Gasteiger partial charge in [-0.05, 0) is 18.6 Å². The highest BCUT2D eigenvalue weighted by Crippen LogP contribution is 2.16. The van der Waals surface area contributed by atoms with E-state index in [9.17, 15) is 14.7 Å². The molecule has 5 N–H and O–H groups in total. The van der Waals surface area contributed by atoms with E-state index in [0.29, 0.717) is 0 Å². The van der Waals surface area contributed by atoms with Crippen LogP contribution in [0.15, 0.2) is 30.3 Å². The zero-order chi connectivity index (χ0) is 18.2. The van der Waals surface area contributed by atoms with E-state index >= 15 is 0 Å². The summed E-state index contributed by atoms with van der Waals surface area (Å²) >= 11 is 0. The molecule has 10 heteroatoms. The fourth-order valence-corrected chi connectivity index (χ4v) is 1.94. The first-order chi connectivity index (χ1) is 12.0. The number of aromatic nitrogens is 3. The summed E-state index contributed by atoms with van der Waals surface area (Å²) in [4.78, 5) is 34.3. The van der Waals surface area contributed by atoms with E-state index in [-0.39, 0.29) is 30.7 Å². The van der Waals surface area contributed by atoms with Crippen LogP contribution in [0.2, 0.25) is 0 Å². The van der Waals surface area contributed by atoms with Crippen LogP contribution in [0.1, 0.15) is 12.8 Å². The number of anilines is 4. The first kappa shape index (κ1) is 17.9. The molecule has 0 aliphatic rings. The minimum Gasteiger partial charge on any atom is -0.481 e. The molecule has 25 heavy (non-hydrogen) atoms. The minimum atomic E-state index is -1.19. The first-order valence-electron chi connectivity index (χ1n) is 7.45. The molecule has 0 amide bonds. The summed E-state index contributed by atoms with van der Waals surface area (Å²) in [6.45, 7) is 0.